The van der Waals surface area contributed by atoms with Gasteiger partial charge in [0.25, 0.3) is 5.91 Å². The molecular weight excluding hydrogens is 352 g/mol. The third-order valence-corrected chi connectivity index (χ3v) is 5.47. The Morgan fingerprint density at radius 3 is 2.38 bits per heavy atom. The van der Waals surface area contributed by atoms with Gasteiger partial charge in [0.05, 0.1) is 12.3 Å². The van der Waals surface area contributed by atoms with Crippen molar-refractivity contribution >= 4 is 15.7 Å². The van der Waals surface area contributed by atoms with E-state index in [0.29, 0.717) is 44.8 Å². The summed E-state index contributed by atoms with van der Waals surface area (Å²) in [4.78, 5) is 16.6. The van der Waals surface area contributed by atoms with E-state index in [0.717, 1.165) is 5.56 Å². The molecule has 8 heteroatoms. The lowest BCUT2D eigenvalue weighted by Gasteiger charge is -2.34. The SMILES string of the molecule is CS(=O)(=O)CCN1CCN(C(=O)c2ccc(Cn3cccn3)cc2)CC1. The first kappa shape index (κ1) is 18.6. The van der Waals surface area contributed by atoms with Crippen LogP contribution in [0.15, 0.2) is 42.7 Å². The number of hydrogen-bond acceptors (Lipinski definition) is 5. The highest BCUT2D eigenvalue weighted by Crippen LogP contribution is 2.11. The Kier molecular flexibility index (Phi) is 5.73. The van der Waals surface area contributed by atoms with Crippen molar-refractivity contribution in [1.29, 1.82) is 0 Å². The van der Waals surface area contributed by atoms with Crippen molar-refractivity contribution < 1.29 is 13.2 Å². The fraction of sp³-hybridized carbons (Fsp3) is 0.444. The van der Waals surface area contributed by atoms with Gasteiger partial charge in [0.15, 0.2) is 0 Å². The fourth-order valence-corrected chi connectivity index (χ4v) is 3.58. The van der Waals surface area contributed by atoms with Crippen LogP contribution >= 0.6 is 0 Å². The molecule has 1 aromatic carbocycles. The van der Waals surface area contributed by atoms with E-state index in [2.05, 4.69) is 10.00 Å². The van der Waals surface area contributed by atoms with E-state index >= 15 is 0 Å². The highest BCUT2D eigenvalue weighted by atomic mass is 32.2. The molecule has 0 radical (unpaired) electrons. The Morgan fingerprint density at radius 2 is 1.81 bits per heavy atom. The van der Waals surface area contributed by atoms with Crippen molar-refractivity contribution in [2.24, 2.45) is 0 Å². The lowest BCUT2D eigenvalue weighted by atomic mass is 10.1. The first-order valence-corrected chi connectivity index (χ1v) is 10.7. The minimum Gasteiger partial charge on any atom is -0.336 e. The third kappa shape index (κ3) is 5.15. The summed E-state index contributed by atoms with van der Waals surface area (Å²) in [5.74, 6) is 0.192. The number of carbonyl (C=O) groups is 1. The van der Waals surface area contributed by atoms with Crippen molar-refractivity contribution in [1.82, 2.24) is 19.6 Å². The summed E-state index contributed by atoms with van der Waals surface area (Å²) in [5, 5.41) is 4.18. The summed E-state index contributed by atoms with van der Waals surface area (Å²) >= 11 is 0. The maximum absolute atomic E-state index is 12.6. The van der Waals surface area contributed by atoms with E-state index in [9.17, 15) is 13.2 Å². The van der Waals surface area contributed by atoms with E-state index < -0.39 is 9.84 Å². The van der Waals surface area contributed by atoms with Crippen molar-refractivity contribution in [2.45, 2.75) is 6.54 Å². The summed E-state index contributed by atoms with van der Waals surface area (Å²) in [6.07, 6.45) is 4.90. The summed E-state index contributed by atoms with van der Waals surface area (Å²) < 4.78 is 24.4. The smallest absolute Gasteiger partial charge is 0.253 e. The van der Waals surface area contributed by atoms with E-state index in [1.54, 1.807) is 6.20 Å². The van der Waals surface area contributed by atoms with Crippen LogP contribution in [0, 0.1) is 0 Å². The average Bonchev–Trinajstić information content (AvgIpc) is 3.13. The summed E-state index contributed by atoms with van der Waals surface area (Å²) in [6.45, 7) is 3.87. The molecule has 0 aliphatic carbocycles. The molecule has 0 saturated carbocycles. The summed E-state index contributed by atoms with van der Waals surface area (Å²) in [7, 11) is -2.95. The van der Waals surface area contributed by atoms with Crippen LogP contribution in [0.1, 0.15) is 15.9 Å². The zero-order chi connectivity index (χ0) is 18.6. The van der Waals surface area contributed by atoms with Crippen molar-refractivity contribution in [3.05, 3.63) is 53.9 Å². The topological polar surface area (TPSA) is 75.5 Å². The molecule has 1 aromatic heterocycles. The minimum atomic E-state index is -2.95. The molecule has 1 amide bonds. The quantitative estimate of drug-likeness (QED) is 0.743. The molecule has 0 atom stereocenters. The van der Waals surface area contributed by atoms with Crippen LogP contribution in [0.5, 0.6) is 0 Å². The second-order valence-electron chi connectivity index (χ2n) is 6.66. The highest BCUT2D eigenvalue weighted by Gasteiger charge is 2.22. The second kappa shape index (κ2) is 8.01. The normalized spacial score (nSPS) is 16.0. The van der Waals surface area contributed by atoms with Gasteiger partial charge in [0.2, 0.25) is 0 Å². The molecule has 1 aliphatic heterocycles. The number of aromatic nitrogens is 2. The van der Waals surface area contributed by atoms with Gasteiger partial charge in [-0.1, -0.05) is 12.1 Å². The van der Waals surface area contributed by atoms with Crippen molar-refractivity contribution in [3.63, 3.8) is 0 Å². The van der Waals surface area contributed by atoms with Gasteiger partial charge < -0.3 is 4.90 Å². The van der Waals surface area contributed by atoms with Crippen LogP contribution in [-0.2, 0) is 16.4 Å². The van der Waals surface area contributed by atoms with Crippen molar-refractivity contribution in [2.75, 3.05) is 44.7 Å². The minimum absolute atomic E-state index is 0.0263. The van der Waals surface area contributed by atoms with Crippen LogP contribution in [0.3, 0.4) is 0 Å². The lowest BCUT2D eigenvalue weighted by molar-refractivity contribution is 0.0644. The van der Waals surface area contributed by atoms with Crippen LogP contribution in [-0.4, -0.2) is 78.6 Å². The number of rotatable bonds is 6. The number of carbonyl (C=O) groups excluding carboxylic acids is 1. The van der Waals surface area contributed by atoms with Gasteiger partial charge in [-0.2, -0.15) is 5.10 Å². The van der Waals surface area contributed by atoms with Gasteiger partial charge in [-0.15, -0.1) is 0 Å². The Bertz CT molecular complexity index is 824. The molecular formula is C18H24N4O3S. The van der Waals surface area contributed by atoms with Gasteiger partial charge in [-0.05, 0) is 23.8 Å². The number of benzene rings is 1. The van der Waals surface area contributed by atoms with Gasteiger partial charge in [-0.25, -0.2) is 8.42 Å². The van der Waals surface area contributed by atoms with Crippen LogP contribution in [0.4, 0.5) is 0 Å². The summed E-state index contributed by atoms with van der Waals surface area (Å²) in [6, 6.07) is 9.51. The molecule has 26 heavy (non-hydrogen) atoms. The molecule has 1 saturated heterocycles. The number of amides is 1. The molecule has 7 nitrogen and oxygen atoms in total. The zero-order valence-corrected chi connectivity index (χ0v) is 15.7. The van der Waals surface area contributed by atoms with Gasteiger partial charge >= 0.3 is 0 Å². The number of sulfone groups is 1. The maximum Gasteiger partial charge on any atom is 0.253 e. The highest BCUT2D eigenvalue weighted by molar-refractivity contribution is 7.90. The molecule has 0 spiro atoms. The lowest BCUT2D eigenvalue weighted by Crippen LogP contribution is -2.49. The van der Waals surface area contributed by atoms with Crippen LogP contribution < -0.4 is 0 Å². The Balaban J connectivity index is 1.52. The number of piperazine rings is 1. The maximum atomic E-state index is 12.6. The molecule has 0 bridgehead atoms. The Labute approximate surface area is 154 Å². The predicted molar refractivity (Wildman–Crippen MR) is 99.8 cm³/mol. The van der Waals surface area contributed by atoms with Crippen molar-refractivity contribution in [3.8, 4) is 0 Å². The van der Waals surface area contributed by atoms with Gasteiger partial charge in [-0.3, -0.25) is 14.4 Å². The summed E-state index contributed by atoms with van der Waals surface area (Å²) in [5.41, 5.74) is 1.77. The van der Waals surface area contributed by atoms with E-state index in [4.69, 9.17) is 0 Å². The van der Waals surface area contributed by atoms with Crippen LogP contribution in [0.25, 0.3) is 0 Å². The third-order valence-electron chi connectivity index (χ3n) is 4.54. The number of hydrogen-bond donors (Lipinski definition) is 0. The average molecular weight is 376 g/mol. The van der Waals surface area contributed by atoms with Crippen LogP contribution in [0.2, 0.25) is 0 Å². The largest absolute Gasteiger partial charge is 0.336 e. The monoisotopic (exact) mass is 376 g/mol. The standard InChI is InChI=1S/C18H24N4O3S/c1-26(24,25)14-13-20-9-11-21(12-10-20)18(23)17-5-3-16(4-6-17)15-22-8-2-7-19-22/h2-8H,9-15H2,1H3. The zero-order valence-electron chi connectivity index (χ0n) is 14.9. The fourth-order valence-electron chi connectivity index (χ4n) is 2.99. The molecule has 2 heterocycles. The Hall–Kier alpha value is -2.19. The molecule has 1 fully saturated rings. The van der Waals surface area contributed by atoms with Gasteiger partial charge in [0.1, 0.15) is 9.84 Å². The Morgan fingerprint density at radius 1 is 1.12 bits per heavy atom. The second-order valence-corrected chi connectivity index (χ2v) is 8.92. The first-order valence-electron chi connectivity index (χ1n) is 8.66. The first-order chi connectivity index (χ1) is 12.4. The molecule has 2 aromatic rings. The molecule has 3 rings (SSSR count). The molecule has 0 N–H and O–H groups in total. The predicted octanol–water partition coefficient (Wildman–Crippen LogP) is 0.734. The molecule has 140 valence electrons. The van der Waals surface area contributed by atoms with E-state index in [-0.39, 0.29) is 11.7 Å². The van der Waals surface area contributed by atoms with E-state index in [1.807, 2.05) is 46.1 Å². The van der Waals surface area contributed by atoms with E-state index in [1.165, 1.54) is 6.26 Å². The number of nitrogens with zero attached hydrogens (tertiary/aromatic N) is 4. The molecule has 1 aliphatic rings. The van der Waals surface area contributed by atoms with Gasteiger partial charge in [0, 0.05) is 56.9 Å². The molecule has 0 unspecified atom stereocenters.